The van der Waals surface area contributed by atoms with Gasteiger partial charge in [-0.15, -0.1) is 0 Å². The fourth-order valence-electron chi connectivity index (χ4n) is 2.34. The molecule has 1 aliphatic carbocycles. The summed E-state index contributed by atoms with van der Waals surface area (Å²) in [6.07, 6.45) is 2.89. The predicted octanol–water partition coefficient (Wildman–Crippen LogP) is 1.78. The van der Waals surface area contributed by atoms with Crippen molar-refractivity contribution in [2.75, 3.05) is 0 Å². The maximum Gasteiger partial charge on any atom is 0.0278 e. The molecule has 0 radical (unpaired) electrons. The van der Waals surface area contributed by atoms with E-state index in [1.807, 2.05) is 0 Å². The van der Waals surface area contributed by atoms with Crippen LogP contribution in [-0.2, 0) is 0 Å². The van der Waals surface area contributed by atoms with E-state index < -0.39 is 0 Å². The maximum atomic E-state index is 3.50. The lowest BCUT2D eigenvalue weighted by atomic mass is 9.59. The lowest BCUT2D eigenvalue weighted by Crippen LogP contribution is -2.41. The van der Waals surface area contributed by atoms with E-state index >= 15 is 0 Å². The molecule has 1 aliphatic heterocycles. The summed E-state index contributed by atoms with van der Waals surface area (Å²) in [5.41, 5.74) is 0.652. The number of rotatable bonds is 1. The summed E-state index contributed by atoms with van der Waals surface area (Å²) in [5.74, 6) is 0.954. The molecule has 10 heavy (non-hydrogen) atoms. The highest BCUT2D eigenvalue weighted by atomic mass is 15.2. The Morgan fingerprint density at radius 1 is 1.40 bits per heavy atom. The van der Waals surface area contributed by atoms with Crippen molar-refractivity contribution in [1.29, 1.82) is 0 Å². The quantitative estimate of drug-likeness (QED) is 0.549. The number of nitrogens with one attached hydrogen (secondary N) is 1. The SMILES string of the molecule is CC1CCC1(C)C1N[C@@H]1C. The average Bonchev–Trinajstić information content (AvgIpc) is 2.62. The molecule has 2 rings (SSSR count). The Morgan fingerprint density at radius 2 is 2.00 bits per heavy atom. The normalized spacial score (nSPS) is 59.7. The molecule has 1 heteroatoms. The van der Waals surface area contributed by atoms with Crippen molar-refractivity contribution in [1.82, 2.24) is 5.32 Å². The molecule has 2 aliphatic rings. The van der Waals surface area contributed by atoms with E-state index in [-0.39, 0.29) is 0 Å². The zero-order valence-corrected chi connectivity index (χ0v) is 7.15. The van der Waals surface area contributed by atoms with Gasteiger partial charge in [0.15, 0.2) is 0 Å². The van der Waals surface area contributed by atoms with E-state index in [1.54, 1.807) is 0 Å². The van der Waals surface area contributed by atoms with Crippen LogP contribution in [0.15, 0.2) is 0 Å². The molecule has 1 N–H and O–H groups in total. The Hall–Kier alpha value is -0.0400. The lowest BCUT2D eigenvalue weighted by Gasteiger charge is -2.45. The van der Waals surface area contributed by atoms with E-state index in [0.29, 0.717) is 5.41 Å². The summed E-state index contributed by atoms with van der Waals surface area (Å²) in [6, 6.07) is 1.64. The monoisotopic (exact) mass is 139 g/mol. The fraction of sp³-hybridized carbons (Fsp3) is 1.00. The summed E-state index contributed by atoms with van der Waals surface area (Å²) in [6.45, 7) is 7.11. The van der Waals surface area contributed by atoms with Gasteiger partial charge in [0.2, 0.25) is 0 Å². The van der Waals surface area contributed by atoms with Crippen LogP contribution in [0.3, 0.4) is 0 Å². The Morgan fingerprint density at radius 3 is 2.10 bits per heavy atom. The molecule has 3 unspecified atom stereocenters. The minimum Gasteiger partial charge on any atom is -0.308 e. The van der Waals surface area contributed by atoms with Gasteiger partial charge in [0.25, 0.3) is 0 Å². The molecule has 0 aromatic rings. The second-order valence-corrected chi connectivity index (χ2v) is 4.38. The molecular formula is C9H17N. The summed E-state index contributed by atoms with van der Waals surface area (Å²) in [4.78, 5) is 0. The molecule has 2 fully saturated rings. The summed E-state index contributed by atoms with van der Waals surface area (Å²) in [5, 5.41) is 3.50. The van der Waals surface area contributed by atoms with Gasteiger partial charge in [0.05, 0.1) is 0 Å². The summed E-state index contributed by atoms with van der Waals surface area (Å²) >= 11 is 0. The van der Waals surface area contributed by atoms with Gasteiger partial charge in [0, 0.05) is 12.1 Å². The first-order valence-electron chi connectivity index (χ1n) is 4.40. The van der Waals surface area contributed by atoms with Crippen molar-refractivity contribution in [3.05, 3.63) is 0 Å². The minimum absolute atomic E-state index is 0.652. The zero-order chi connectivity index (χ0) is 7.35. The van der Waals surface area contributed by atoms with Crippen molar-refractivity contribution in [2.24, 2.45) is 11.3 Å². The van der Waals surface area contributed by atoms with Gasteiger partial charge < -0.3 is 5.32 Å². The van der Waals surface area contributed by atoms with Crippen LogP contribution < -0.4 is 5.32 Å². The van der Waals surface area contributed by atoms with Crippen LogP contribution in [0.5, 0.6) is 0 Å². The summed E-state index contributed by atoms with van der Waals surface area (Å²) < 4.78 is 0. The maximum absolute atomic E-state index is 3.50. The smallest absolute Gasteiger partial charge is 0.0278 e. The predicted molar refractivity (Wildman–Crippen MR) is 42.9 cm³/mol. The third-order valence-electron chi connectivity index (χ3n) is 3.79. The molecule has 1 saturated carbocycles. The largest absolute Gasteiger partial charge is 0.308 e. The molecule has 4 atom stereocenters. The van der Waals surface area contributed by atoms with E-state index in [0.717, 1.165) is 18.0 Å². The molecule has 0 amide bonds. The van der Waals surface area contributed by atoms with Gasteiger partial charge in [-0.1, -0.05) is 13.8 Å². The minimum atomic E-state index is 0.652. The Labute approximate surface area is 63.2 Å². The van der Waals surface area contributed by atoms with Crippen LogP contribution in [0, 0.1) is 11.3 Å². The molecule has 0 aromatic heterocycles. The van der Waals surface area contributed by atoms with Gasteiger partial charge in [-0.05, 0) is 31.1 Å². The standard InChI is InChI=1S/C9H17N/c1-6-4-5-9(6,3)8-7(2)10-8/h6-8,10H,4-5H2,1-3H3/t6?,7-,8?,9?/m1/s1. The van der Waals surface area contributed by atoms with Crippen molar-refractivity contribution in [2.45, 2.75) is 45.7 Å². The highest BCUT2D eigenvalue weighted by Crippen LogP contribution is 2.52. The van der Waals surface area contributed by atoms with Gasteiger partial charge >= 0.3 is 0 Å². The van der Waals surface area contributed by atoms with Gasteiger partial charge in [-0.3, -0.25) is 0 Å². The van der Waals surface area contributed by atoms with E-state index in [1.165, 1.54) is 12.8 Å². The van der Waals surface area contributed by atoms with Crippen molar-refractivity contribution in [3.63, 3.8) is 0 Å². The third kappa shape index (κ3) is 0.672. The fourth-order valence-corrected chi connectivity index (χ4v) is 2.34. The zero-order valence-electron chi connectivity index (χ0n) is 7.15. The lowest BCUT2D eigenvalue weighted by molar-refractivity contribution is 0.0621. The highest BCUT2D eigenvalue weighted by molar-refractivity contribution is 5.10. The second kappa shape index (κ2) is 1.76. The molecule has 58 valence electrons. The van der Waals surface area contributed by atoms with Crippen LogP contribution >= 0.6 is 0 Å². The van der Waals surface area contributed by atoms with Gasteiger partial charge in [-0.2, -0.15) is 0 Å². The summed E-state index contributed by atoms with van der Waals surface area (Å²) in [7, 11) is 0. The topological polar surface area (TPSA) is 21.9 Å². The molecule has 1 nitrogen and oxygen atoms in total. The first-order chi connectivity index (χ1) is 4.64. The Balaban J connectivity index is 2.02. The molecular weight excluding hydrogens is 122 g/mol. The van der Waals surface area contributed by atoms with E-state index in [4.69, 9.17) is 0 Å². The molecule has 0 aromatic carbocycles. The van der Waals surface area contributed by atoms with Gasteiger partial charge in [0.1, 0.15) is 0 Å². The van der Waals surface area contributed by atoms with Crippen molar-refractivity contribution in [3.8, 4) is 0 Å². The molecule has 0 bridgehead atoms. The number of hydrogen-bond donors (Lipinski definition) is 1. The highest BCUT2D eigenvalue weighted by Gasteiger charge is 2.53. The molecule has 0 spiro atoms. The van der Waals surface area contributed by atoms with Crippen LogP contribution in [0.2, 0.25) is 0 Å². The van der Waals surface area contributed by atoms with E-state index in [2.05, 4.69) is 26.1 Å². The Kier molecular flexibility index (Phi) is 1.17. The van der Waals surface area contributed by atoms with Crippen LogP contribution in [0.1, 0.15) is 33.6 Å². The van der Waals surface area contributed by atoms with Gasteiger partial charge in [-0.25, -0.2) is 0 Å². The van der Waals surface area contributed by atoms with Crippen LogP contribution in [-0.4, -0.2) is 12.1 Å². The third-order valence-corrected chi connectivity index (χ3v) is 3.79. The van der Waals surface area contributed by atoms with Crippen LogP contribution in [0.4, 0.5) is 0 Å². The second-order valence-electron chi connectivity index (χ2n) is 4.38. The number of hydrogen-bond acceptors (Lipinski definition) is 1. The van der Waals surface area contributed by atoms with Crippen molar-refractivity contribution < 1.29 is 0 Å². The van der Waals surface area contributed by atoms with Crippen molar-refractivity contribution >= 4 is 0 Å². The van der Waals surface area contributed by atoms with E-state index in [9.17, 15) is 0 Å². The Bertz CT molecular complexity index is 155. The first-order valence-corrected chi connectivity index (χ1v) is 4.40. The molecule has 1 saturated heterocycles. The molecule has 1 heterocycles. The van der Waals surface area contributed by atoms with Crippen LogP contribution in [0.25, 0.3) is 0 Å². The average molecular weight is 139 g/mol. The first kappa shape index (κ1) is 6.66.